The number of unbranched alkanes of at least 4 members (excludes halogenated alkanes) is 5. The largest absolute Gasteiger partial charge is 0.314 e. The van der Waals surface area contributed by atoms with Crippen molar-refractivity contribution in [2.45, 2.75) is 71.3 Å². The highest BCUT2D eigenvalue weighted by Crippen LogP contribution is 2.11. The minimum Gasteiger partial charge on any atom is -0.314 e. The van der Waals surface area contributed by atoms with E-state index in [2.05, 4.69) is 25.4 Å². The summed E-state index contributed by atoms with van der Waals surface area (Å²) in [6.07, 6.45) is 13.4. The molecule has 0 spiro atoms. The molecule has 16 heavy (non-hydrogen) atoms. The van der Waals surface area contributed by atoms with Gasteiger partial charge in [-0.05, 0) is 31.4 Å². The molecule has 0 radical (unpaired) electrons. The van der Waals surface area contributed by atoms with E-state index in [1.165, 1.54) is 57.1 Å². The van der Waals surface area contributed by atoms with Gasteiger partial charge in [0.05, 0.1) is 0 Å². The van der Waals surface area contributed by atoms with Gasteiger partial charge in [-0.3, -0.25) is 0 Å². The molecule has 0 aromatic carbocycles. The second-order valence-corrected chi connectivity index (χ2v) is 5.58. The van der Waals surface area contributed by atoms with E-state index >= 15 is 0 Å². The second-order valence-electron chi connectivity index (χ2n) is 4.59. The molecule has 0 fully saturated rings. The lowest BCUT2D eigenvalue weighted by Gasteiger charge is -2.17. The summed E-state index contributed by atoms with van der Waals surface area (Å²) < 4.78 is 0. The van der Waals surface area contributed by atoms with Gasteiger partial charge in [0.2, 0.25) is 0 Å². The molecule has 0 amide bonds. The number of nitrogens with one attached hydrogen (secondary N) is 1. The van der Waals surface area contributed by atoms with Gasteiger partial charge in [0.15, 0.2) is 0 Å². The summed E-state index contributed by atoms with van der Waals surface area (Å²) in [6.45, 7) is 5.62. The van der Waals surface area contributed by atoms with Crippen molar-refractivity contribution in [1.82, 2.24) is 5.32 Å². The molecule has 2 heteroatoms. The standard InChI is InChI=1S/C14H31NS/c1-4-6-7-8-9-10-11-14(15-5-2)12-13-16-3/h14-15H,4-13H2,1-3H3. The lowest BCUT2D eigenvalue weighted by molar-refractivity contribution is 0.454. The molecule has 1 N–H and O–H groups in total. The Balaban J connectivity index is 3.36. The van der Waals surface area contributed by atoms with Crippen molar-refractivity contribution in [3.63, 3.8) is 0 Å². The molecule has 0 rings (SSSR count). The van der Waals surface area contributed by atoms with Crippen molar-refractivity contribution in [2.24, 2.45) is 0 Å². The summed E-state index contributed by atoms with van der Waals surface area (Å²) in [5.74, 6) is 1.30. The number of hydrogen-bond acceptors (Lipinski definition) is 2. The van der Waals surface area contributed by atoms with Crippen molar-refractivity contribution >= 4 is 11.8 Å². The van der Waals surface area contributed by atoms with Crippen LogP contribution in [0.4, 0.5) is 0 Å². The van der Waals surface area contributed by atoms with Crippen LogP contribution < -0.4 is 5.32 Å². The molecule has 0 aliphatic heterocycles. The molecular weight excluding hydrogens is 214 g/mol. The Labute approximate surface area is 107 Å². The molecule has 1 atom stereocenters. The lowest BCUT2D eigenvalue weighted by Crippen LogP contribution is -2.29. The van der Waals surface area contributed by atoms with Gasteiger partial charge in [-0.15, -0.1) is 0 Å². The highest BCUT2D eigenvalue weighted by atomic mass is 32.2. The van der Waals surface area contributed by atoms with Crippen LogP contribution in [0.15, 0.2) is 0 Å². The summed E-state index contributed by atoms with van der Waals surface area (Å²) in [7, 11) is 0. The highest BCUT2D eigenvalue weighted by Gasteiger charge is 2.05. The summed E-state index contributed by atoms with van der Waals surface area (Å²) in [4.78, 5) is 0. The monoisotopic (exact) mass is 245 g/mol. The maximum Gasteiger partial charge on any atom is 0.00748 e. The third kappa shape index (κ3) is 10.8. The summed E-state index contributed by atoms with van der Waals surface area (Å²) in [6, 6.07) is 0.767. The van der Waals surface area contributed by atoms with E-state index in [9.17, 15) is 0 Å². The average Bonchev–Trinajstić information content (AvgIpc) is 2.30. The predicted molar refractivity (Wildman–Crippen MR) is 78.5 cm³/mol. The molecule has 0 aliphatic rings. The first kappa shape index (κ1) is 16.3. The number of thioether (sulfide) groups is 1. The van der Waals surface area contributed by atoms with Gasteiger partial charge in [0.25, 0.3) is 0 Å². The van der Waals surface area contributed by atoms with Crippen LogP contribution in [0.25, 0.3) is 0 Å². The fourth-order valence-corrected chi connectivity index (χ4v) is 2.59. The van der Waals surface area contributed by atoms with Crippen molar-refractivity contribution in [2.75, 3.05) is 18.6 Å². The van der Waals surface area contributed by atoms with E-state index in [0.29, 0.717) is 0 Å². The molecule has 0 heterocycles. The van der Waals surface area contributed by atoms with Crippen LogP contribution in [0.3, 0.4) is 0 Å². The topological polar surface area (TPSA) is 12.0 Å². The molecule has 0 aliphatic carbocycles. The van der Waals surface area contributed by atoms with Crippen LogP contribution in [0, 0.1) is 0 Å². The Bertz CT molecular complexity index is 128. The SMILES string of the molecule is CCCCCCCCC(CCSC)NCC. The predicted octanol–water partition coefficient (Wildman–Crippen LogP) is 4.47. The van der Waals surface area contributed by atoms with E-state index < -0.39 is 0 Å². The Morgan fingerprint density at radius 1 is 0.938 bits per heavy atom. The molecule has 98 valence electrons. The van der Waals surface area contributed by atoms with E-state index in [1.807, 2.05) is 11.8 Å². The first-order valence-electron chi connectivity index (χ1n) is 7.07. The Hall–Kier alpha value is 0.310. The van der Waals surface area contributed by atoms with E-state index in [1.54, 1.807) is 0 Å². The van der Waals surface area contributed by atoms with Gasteiger partial charge < -0.3 is 5.32 Å². The van der Waals surface area contributed by atoms with Crippen molar-refractivity contribution in [1.29, 1.82) is 0 Å². The normalized spacial score (nSPS) is 12.9. The molecule has 0 bridgehead atoms. The number of hydrogen-bond donors (Lipinski definition) is 1. The summed E-state index contributed by atoms with van der Waals surface area (Å²) in [5.41, 5.74) is 0. The quantitative estimate of drug-likeness (QED) is 0.509. The molecule has 1 nitrogen and oxygen atoms in total. The smallest absolute Gasteiger partial charge is 0.00748 e. The zero-order valence-electron chi connectivity index (χ0n) is 11.6. The Kier molecular flexibility index (Phi) is 13.6. The zero-order valence-corrected chi connectivity index (χ0v) is 12.4. The van der Waals surface area contributed by atoms with Crippen LogP contribution >= 0.6 is 11.8 Å². The van der Waals surface area contributed by atoms with Gasteiger partial charge in [-0.1, -0.05) is 52.4 Å². The highest BCUT2D eigenvalue weighted by molar-refractivity contribution is 7.98. The van der Waals surface area contributed by atoms with Crippen molar-refractivity contribution in [3.05, 3.63) is 0 Å². The summed E-state index contributed by atoms with van der Waals surface area (Å²) >= 11 is 1.97. The van der Waals surface area contributed by atoms with Gasteiger partial charge in [0.1, 0.15) is 0 Å². The van der Waals surface area contributed by atoms with Crippen LogP contribution in [0.5, 0.6) is 0 Å². The van der Waals surface area contributed by atoms with Crippen LogP contribution in [0.1, 0.15) is 65.2 Å². The molecule has 0 saturated heterocycles. The Morgan fingerprint density at radius 3 is 2.25 bits per heavy atom. The van der Waals surface area contributed by atoms with E-state index in [-0.39, 0.29) is 0 Å². The van der Waals surface area contributed by atoms with Crippen LogP contribution in [-0.4, -0.2) is 24.6 Å². The maximum atomic E-state index is 3.61. The van der Waals surface area contributed by atoms with Crippen molar-refractivity contribution < 1.29 is 0 Å². The first-order chi connectivity index (χ1) is 7.85. The minimum atomic E-state index is 0.767. The third-order valence-corrected chi connectivity index (χ3v) is 3.71. The van der Waals surface area contributed by atoms with Gasteiger partial charge >= 0.3 is 0 Å². The third-order valence-electron chi connectivity index (χ3n) is 3.07. The minimum absolute atomic E-state index is 0.767. The fourth-order valence-electron chi connectivity index (χ4n) is 2.07. The van der Waals surface area contributed by atoms with E-state index in [4.69, 9.17) is 0 Å². The van der Waals surface area contributed by atoms with Crippen LogP contribution in [0.2, 0.25) is 0 Å². The molecule has 0 aromatic heterocycles. The first-order valence-corrected chi connectivity index (χ1v) is 8.46. The molecule has 0 saturated carbocycles. The van der Waals surface area contributed by atoms with Gasteiger partial charge in [0, 0.05) is 6.04 Å². The maximum absolute atomic E-state index is 3.61. The molecule has 1 unspecified atom stereocenters. The fraction of sp³-hybridized carbons (Fsp3) is 1.00. The zero-order chi connectivity index (χ0) is 12.1. The summed E-state index contributed by atoms with van der Waals surface area (Å²) in [5, 5.41) is 3.61. The molecular formula is C14H31NS. The number of rotatable bonds is 12. The lowest BCUT2D eigenvalue weighted by atomic mass is 10.0. The Morgan fingerprint density at radius 2 is 1.62 bits per heavy atom. The average molecular weight is 245 g/mol. The van der Waals surface area contributed by atoms with Crippen molar-refractivity contribution in [3.8, 4) is 0 Å². The van der Waals surface area contributed by atoms with Crippen LogP contribution in [-0.2, 0) is 0 Å². The van der Waals surface area contributed by atoms with Gasteiger partial charge in [-0.25, -0.2) is 0 Å². The second kappa shape index (κ2) is 13.4. The van der Waals surface area contributed by atoms with E-state index in [0.717, 1.165) is 12.6 Å². The molecule has 0 aromatic rings. The van der Waals surface area contributed by atoms with Gasteiger partial charge in [-0.2, -0.15) is 11.8 Å².